The van der Waals surface area contributed by atoms with E-state index in [0.29, 0.717) is 19.6 Å². The van der Waals surface area contributed by atoms with Crippen molar-refractivity contribution in [2.75, 3.05) is 26.3 Å². The number of aliphatic imine (C=N–C) groups is 2. The van der Waals surface area contributed by atoms with Gasteiger partial charge in [-0.3, -0.25) is 0 Å². The minimum Gasteiger partial charge on any atom is -0.346 e. The first-order chi connectivity index (χ1) is 6.83. The Morgan fingerprint density at radius 1 is 1.14 bits per heavy atom. The summed E-state index contributed by atoms with van der Waals surface area (Å²) < 4.78 is 10.6. The van der Waals surface area contributed by atoms with Crippen molar-refractivity contribution < 1.29 is 19.1 Å². The quantitative estimate of drug-likeness (QED) is 0.452. The highest BCUT2D eigenvalue weighted by atomic mass is 16.7. The van der Waals surface area contributed by atoms with Crippen LogP contribution in [0.4, 0.5) is 0 Å². The zero-order valence-corrected chi connectivity index (χ0v) is 7.56. The molecule has 1 aliphatic rings. The lowest BCUT2D eigenvalue weighted by atomic mass is 10.2. The Bertz CT molecular complexity index is 273. The topological polar surface area (TPSA) is 77.3 Å². The first-order valence-corrected chi connectivity index (χ1v) is 4.18. The number of nitrogens with zero attached hydrogens (tertiary/aromatic N) is 2. The molecule has 0 aromatic carbocycles. The Kier molecular flexibility index (Phi) is 4.16. The minimum atomic E-state index is -0.905. The van der Waals surface area contributed by atoms with E-state index in [-0.39, 0.29) is 13.1 Å². The maximum Gasteiger partial charge on any atom is 0.235 e. The van der Waals surface area contributed by atoms with Crippen molar-refractivity contribution in [2.45, 2.75) is 12.2 Å². The molecular formula is C8H10N2O4. The molecule has 0 aromatic heterocycles. The van der Waals surface area contributed by atoms with Gasteiger partial charge < -0.3 is 9.47 Å². The van der Waals surface area contributed by atoms with Crippen molar-refractivity contribution in [3.8, 4) is 0 Å². The number of isocyanates is 2. The SMILES string of the molecule is O=C=NCCC1(CN=C=O)OCCO1. The van der Waals surface area contributed by atoms with Gasteiger partial charge in [0.1, 0.15) is 6.54 Å². The standard InChI is InChI=1S/C8H10N2O4/c11-6-9-2-1-8(5-10-7-12)13-3-4-14-8/h1-5H2. The molecule has 1 saturated heterocycles. The molecule has 0 atom stereocenters. The monoisotopic (exact) mass is 198 g/mol. The van der Waals surface area contributed by atoms with Crippen LogP contribution >= 0.6 is 0 Å². The van der Waals surface area contributed by atoms with E-state index in [1.54, 1.807) is 0 Å². The molecular weight excluding hydrogens is 188 g/mol. The molecule has 0 saturated carbocycles. The van der Waals surface area contributed by atoms with Crippen LogP contribution in [-0.2, 0) is 19.1 Å². The van der Waals surface area contributed by atoms with Crippen molar-refractivity contribution in [2.24, 2.45) is 9.98 Å². The molecule has 0 N–H and O–H groups in total. The van der Waals surface area contributed by atoms with Crippen LogP contribution in [0.1, 0.15) is 6.42 Å². The Morgan fingerprint density at radius 2 is 1.79 bits per heavy atom. The van der Waals surface area contributed by atoms with Crippen molar-refractivity contribution >= 4 is 12.2 Å². The maximum absolute atomic E-state index is 9.95. The molecule has 76 valence electrons. The average Bonchev–Trinajstić information content (AvgIpc) is 2.65. The van der Waals surface area contributed by atoms with E-state index in [0.717, 1.165) is 0 Å². The molecule has 14 heavy (non-hydrogen) atoms. The van der Waals surface area contributed by atoms with Crippen LogP contribution in [0.3, 0.4) is 0 Å². The lowest BCUT2D eigenvalue weighted by molar-refractivity contribution is -0.151. The molecule has 0 bridgehead atoms. The first-order valence-electron chi connectivity index (χ1n) is 4.18. The summed E-state index contributed by atoms with van der Waals surface area (Å²) in [5.74, 6) is -0.905. The van der Waals surface area contributed by atoms with E-state index in [2.05, 4.69) is 9.98 Å². The van der Waals surface area contributed by atoms with Crippen molar-refractivity contribution in [1.29, 1.82) is 0 Å². The Hall–Kier alpha value is -1.32. The highest BCUT2D eigenvalue weighted by molar-refractivity contribution is 5.33. The van der Waals surface area contributed by atoms with E-state index in [4.69, 9.17) is 9.47 Å². The van der Waals surface area contributed by atoms with Crippen LogP contribution in [0.2, 0.25) is 0 Å². The van der Waals surface area contributed by atoms with Gasteiger partial charge in [-0.05, 0) is 0 Å². The van der Waals surface area contributed by atoms with E-state index >= 15 is 0 Å². The van der Waals surface area contributed by atoms with Gasteiger partial charge in [-0.2, -0.15) is 0 Å². The minimum absolute atomic E-state index is 0.0882. The molecule has 0 aliphatic carbocycles. The molecule has 1 heterocycles. The van der Waals surface area contributed by atoms with Gasteiger partial charge in [-0.15, -0.1) is 0 Å². The van der Waals surface area contributed by atoms with Gasteiger partial charge in [0.15, 0.2) is 5.79 Å². The van der Waals surface area contributed by atoms with E-state index in [9.17, 15) is 9.59 Å². The number of rotatable bonds is 5. The lowest BCUT2D eigenvalue weighted by Crippen LogP contribution is -2.34. The fourth-order valence-electron chi connectivity index (χ4n) is 1.24. The maximum atomic E-state index is 9.95. The molecule has 0 aromatic rings. The van der Waals surface area contributed by atoms with Gasteiger partial charge in [0.05, 0.1) is 19.8 Å². The van der Waals surface area contributed by atoms with Crippen LogP contribution in [0, 0.1) is 0 Å². The van der Waals surface area contributed by atoms with Gasteiger partial charge in [-0.1, -0.05) is 0 Å². The second-order valence-electron chi connectivity index (χ2n) is 2.74. The van der Waals surface area contributed by atoms with E-state index in [1.165, 1.54) is 12.2 Å². The third-order valence-electron chi connectivity index (χ3n) is 1.87. The molecule has 1 fully saturated rings. The lowest BCUT2D eigenvalue weighted by Gasteiger charge is -2.23. The van der Waals surface area contributed by atoms with Crippen LogP contribution < -0.4 is 0 Å². The van der Waals surface area contributed by atoms with Crippen LogP contribution in [-0.4, -0.2) is 44.3 Å². The van der Waals surface area contributed by atoms with Crippen molar-refractivity contribution in [3.05, 3.63) is 0 Å². The van der Waals surface area contributed by atoms with E-state index in [1.807, 2.05) is 0 Å². The van der Waals surface area contributed by atoms with Gasteiger partial charge >= 0.3 is 0 Å². The zero-order valence-electron chi connectivity index (χ0n) is 7.56. The Morgan fingerprint density at radius 3 is 2.36 bits per heavy atom. The molecule has 6 heteroatoms. The molecule has 1 rings (SSSR count). The predicted octanol–water partition coefficient (Wildman–Crippen LogP) is -0.209. The van der Waals surface area contributed by atoms with Crippen molar-refractivity contribution in [1.82, 2.24) is 0 Å². The Balaban J connectivity index is 2.51. The van der Waals surface area contributed by atoms with Crippen molar-refractivity contribution in [3.63, 3.8) is 0 Å². The zero-order chi connectivity index (χ0) is 10.3. The molecule has 0 radical (unpaired) electrons. The van der Waals surface area contributed by atoms with Gasteiger partial charge in [-0.25, -0.2) is 19.6 Å². The Labute approximate surface area is 80.6 Å². The summed E-state index contributed by atoms with van der Waals surface area (Å²) >= 11 is 0. The molecule has 0 spiro atoms. The van der Waals surface area contributed by atoms with Crippen LogP contribution in [0.5, 0.6) is 0 Å². The summed E-state index contributed by atoms with van der Waals surface area (Å²) in [5, 5.41) is 0. The first kappa shape index (κ1) is 10.8. The second-order valence-corrected chi connectivity index (χ2v) is 2.74. The largest absolute Gasteiger partial charge is 0.346 e. The summed E-state index contributed by atoms with van der Waals surface area (Å²) in [6.45, 7) is 1.25. The molecule has 0 amide bonds. The number of carbonyl (C=O) groups excluding carboxylic acids is 2. The summed E-state index contributed by atoms with van der Waals surface area (Å²) in [6.07, 6.45) is 3.22. The summed E-state index contributed by atoms with van der Waals surface area (Å²) in [7, 11) is 0. The molecule has 6 nitrogen and oxygen atoms in total. The number of ether oxygens (including phenoxy) is 2. The third kappa shape index (κ3) is 2.87. The number of hydrogen-bond acceptors (Lipinski definition) is 6. The van der Waals surface area contributed by atoms with E-state index < -0.39 is 5.79 Å². The normalized spacial score (nSPS) is 18.3. The highest BCUT2D eigenvalue weighted by Gasteiger charge is 2.35. The second kappa shape index (κ2) is 5.42. The van der Waals surface area contributed by atoms with Gasteiger partial charge in [0.25, 0.3) is 0 Å². The number of hydrogen-bond donors (Lipinski definition) is 0. The molecule has 0 unspecified atom stereocenters. The average molecular weight is 198 g/mol. The smallest absolute Gasteiger partial charge is 0.235 e. The summed E-state index contributed by atoms with van der Waals surface area (Å²) in [4.78, 5) is 26.6. The van der Waals surface area contributed by atoms with Gasteiger partial charge in [0, 0.05) is 6.42 Å². The van der Waals surface area contributed by atoms with Gasteiger partial charge in [0.2, 0.25) is 12.2 Å². The fourth-order valence-corrected chi connectivity index (χ4v) is 1.24. The summed E-state index contributed by atoms with van der Waals surface area (Å²) in [6, 6.07) is 0. The third-order valence-corrected chi connectivity index (χ3v) is 1.87. The highest BCUT2D eigenvalue weighted by Crippen LogP contribution is 2.23. The molecule has 1 aliphatic heterocycles. The predicted molar refractivity (Wildman–Crippen MR) is 45.2 cm³/mol. The van der Waals surface area contributed by atoms with Crippen LogP contribution in [0.15, 0.2) is 9.98 Å². The van der Waals surface area contributed by atoms with Crippen LogP contribution in [0.25, 0.3) is 0 Å². The fraction of sp³-hybridized carbons (Fsp3) is 0.750. The summed E-state index contributed by atoms with van der Waals surface area (Å²) in [5.41, 5.74) is 0.